The predicted molar refractivity (Wildman–Crippen MR) is 99.0 cm³/mol. The number of rotatable bonds is 4. The van der Waals surface area contributed by atoms with Crippen molar-refractivity contribution in [3.8, 4) is 0 Å². The second-order valence-corrected chi connectivity index (χ2v) is 7.26. The van der Waals surface area contributed by atoms with Gasteiger partial charge in [0, 0.05) is 24.1 Å². The number of benzene rings is 1. The van der Waals surface area contributed by atoms with Gasteiger partial charge in [0.15, 0.2) is 5.17 Å². The zero-order chi connectivity index (χ0) is 18.7. The first-order chi connectivity index (χ1) is 12.5. The van der Waals surface area contributed by atoms with E-state index < -0.39 is 18.2 Å². The van der Waals surface area contributed by atoms with Crippen LogP contribution in [0.5, 0.6) is 0 Å². The summed E-state index contributed by atoms with van der Waals surface area (Å²) in [5, 5.41) is 27.6. The van der Waals surface area contributed by atoms with Crippen LogP contribution >= 0.6 is 11.8 Å². The molecule has 2 aliphatic heterocycles. The van der Waals surface area contributed by atoms with Gasteiger partial charge in [-0.3, -0.25) is 4.79 Å². The second kappa shape index (κ2) is 7.96. The SMILES string of the molecule is CC(=O)NC1CN2C(=Nc3ccc(CN=[N+]=[N-])cc3)SCC2C(O)C1O. The van der Waals surface area contributed by atoms with Crippen LogP contribution in [0.2, 0.25) is 0 Å². The first-order valence-electron chi connectivity index (χ1n) is 8.20. The molecule has 4 unspecified atom stereocenters. The number of amides is 1. The Kier molecular flexibility index (Phi) is 5.67. The van der Waals surface area contributed by atoms with Crippen molar-refractivity contribution in [2.24, 2.45) is 10.1 Å². The Labute approximate surface area is 154 Å². The maximum Gasteiger partial charge on any atom is 0.217 e. The molecule has 10 heteroatoms. The fourth-order valence-electron chi connectivity index (χ4n) is 3.14. The zero-order valence-electron chi connectivity index (χ0n) is 14.2. The van der Waals surface area contributed by atoms with E-state index in [4.69, 9.17) is 5.53 Å². The van der Waals surface area contributed by atoms with E-state index in [-0.39, 0.29) is 11.9 Å². The normalized spacial score (nSPS) is 29.2. The van der Waals surface area contributed by atoms with E-state index in [0.29, 0.717) is 18.8 Å². The van der Waals surface area contributed by atoms with Gasteiger partial charge < -0.3 is 20.4 Å². The molecule has 2 fully saturated rings. The molecule has 0 radical (unpaired) electrons. The summed E-state index contributed by atoms with van der Waals surface area (Å²) < 4.78 is 0. The molecule has 3 N–H and O–H groups in total. The van der Waals surface area contributed by atoms with Crippen molar-refractivity contribution in [3.63, 3.8) is 0 Å². The molecule has 0 spiro atoms. The number of azide groups is 1. The lowest BCUT2D eigenvalue weighted by molar-refractivity contribution is -0.123. The third-order valence-electron chi connectivity index (χ3n) is 4.45. The fourth-order valence-corrected chi connectivity index (χ4v) is 4.39. The van der Waals surface area contributed by atoms with Gasteiger partial charge in [-0.1, -0.05) is 29.0 Å². The van der Waals surface area contributed by atoms with E-state index in [1.807, 2.05) is 29.2 Å². The minimum atomic E-state index is -1.000. The summed E-state index contributed by atoms with van der Waals surface area (Å²) in [5.74, 6) is 0.374. The van der Waals surface area contributed by atoms with Crippen LogP contribution in [-0.2, 0) is 11.3 Å². The molecule has 138 valence electrons. The molecule has 2 heterocycles. The number of nitrogens with zero attached hydrogens (tertiary/aromatic N) is 5. The molecule has 4 atom stereocenters. The van der Waals surface area contributed by atoms with Crippen molar-refractivity contribution in [1.29, 1.82) is 0 Å². The lowest BCUT2D eigenvalue weighted by atomic mass is 9.93. The van der Waals surface area contributed by atoms with Crippen LogP contribution in [0.15, 0.2) is 34.4 Å². The maximum absolute atomic E-state index is 11.3. The van der Waals surface area contributed by atoms with E-state index >= 15 is 0 Å². The monoisotopic (exact) mass is 376 g/mol. The van der Waals surface area contributed by atoms with Crippen molar-refractivity contribution in [1.82, 2.24) is 10.2 Å². The van der Waals surface area contributed by atoms with Crippen molar-refractivity contribution >= 4 is 28.5 Å². The molecular formula is C16H20N6O3S. The van der Waals surface area contributed by atoms with Gasteiger partial charge >= 0.3 is 0 Å². The van der Waals surface area contributed by atoms with Crippen molar-refractivity contribution in [2.75, 3.05) is 12.3 Å². The average Bonchev–Trinajstić information content (AvgIpc) is 3.01. The predicted octanol–water partition coefficient (Wildman–Crippen LogP) is 1.14. The highest BCUT2D eigenvalue weighted by Gasteiger charge is 2.46. The molecule has 0 aliphatic carbocycles. The number of amidine groups is 1. The third-order valence-corrected chi connectivity index (χ3v) is 5.54. The van der Waals surface area contributed by atoms with Gasteiger partial charge in [0.05, 0.1) is 24.3 Å². The lowest BCUT2D eigenvalue weighted by Gasteiger charge is -2.42. The number of aliphatic hydroxyl groups excluding tert-OH is 2. The smallest absolute Gasteiger partial charge is 0.217 e. The highest BCUT2D eigenvalue weighted by atomic mass is 32.2. The number of hydrogen-bond acceptors (Lipinski definition) is 6. The summed E-state index contributed by atoms with van der Waals surface area (Å²) in [6.07, 6.45) is -1.95. The Morgan fingerprint density at radius 1 is 1.38 bits per heavy atom. The van der Waals surface area contributed by atoms with Crippen LogP contribution in [0.4, 0.5) is 5.69 Å². The van der Waals surface area contributed by atoms with Gasteiger partial charge in [-0.15, -0.1) is 0 Å². The Morgan fingerprint density at radius 3 is 2.77 bits per heavy atom. The number of carbonyl (C=O) groups excluding carboxylic acids is 1. The van der Waals surface area contributed by atoms with Gasteiger partial charge in [0.25, 0.3) is 0 Å². The van der Waals surface area contributed by atoms with E-state index in [9.17, 15) is 15.0 Å². The molecule has 1 amide bonds. The largest absolute Gasteiger partial charge is 0.388 e. The Hall–Kier alpha value is -2.26. The van der Waals surface area contributed by atoms with Crippen LogP contribution in [0.25, 0.3) is 10.4 Å². The Balaban J connectivity index is 1.77. The first kappa shape index (κ1) is 18.5. The summed E-state index contributed by atoms with van der Waals surface area (Å²) in [4.78, 5) is 20.7. The van der Waals surface area contributed by atoms with Crippen molar-refractivity contribution in [2.45, 2.75) is 37.8 Å². The molecule has 3 rings (SSSR count). The molecule has 0 aromatic heterocycles. The Bertz CT molecular complexity index is 749. The molecule has 2 aliphatic rings. The first-order valence-corrected chi connectivity index (χ1v) is 9.19. The zero-order valence-corrected chi connectivity index (χ0v) is 15.0. The number of piperidine rings is 1. The Morgan fingerprint density at radius 2 is 2.12 bits per heavy atom. The highest BCUT2D eigenvalue weighted by molar-refractivity contribution is 8.14. The number of thioether (sulfide) groups is 1. The van der Waals surface area contributed by atoms with Gasteiger partial charge in [0.1, 0.15) is 12.2 Å². The van der Waals surface area contributed by atoms with Crippen LogP contribution in [0.3, 0.4) is 0 Å². The summed E-state index contributed by atoms with van der Waals surface area (Å²) in [6.45, 7) is 2.07. The van der Waals surface area contributed by atoms with Gasteiger partial charge in [0.2, 0.25) is 5.91 Å². The second-order valence-electron chi connectivity index (χ2n) is 6.27. The topological polar surface area (TPSA) is 134 Å². The summed E-state index contributed by atoms with van der Waals surface area (Å²) >= 11 is 1.51. The van der Waals surface area contributed by atoms with E-state index in [1.54, 1.807) is 0 Å². The van der Waals surface area contributed by atoms with Gasteiger partial charge in [-0.2, -0.15) is 0 Å². The van der Waals surface area contributed by atoms with Crippen molar-refractivity contribution < 1.29 is 15.0 Å². The lowest BCUT2D eigenvalue weighted by Crippen LogP contribution is -2.64. The molecule has 2 saturated heterocycles. The summed E-state index contributed by atoms with van der Waals surface area (Å²) in [7, 11) is 0. The van der Waals surface area contributed by atoms with Gasteiger partial charge in [-0.05, 0) is 23.2 Å². The molecular weight excluding hydrogens is 356 g/mol. The molecule has 1 aromatic rings. The van der Waals surface area contributed by atoms with Crippen molar-refractivity contribution in [3.05, 3.63) is 40.3 Å². The number of aliphatic imine (C=N–C) groups is 1. The quantitative estimate of drug-likeness (QED) is 0.411. The minimum Gasteiger partial charge on any atom is -0.388 e. The average molecular weight is 376 g/mol. The molecule has 0 saturated carbocycles. The maximum atomic E-state index is 11.3. The number of nitrogens with one attached hydrogen (secondary N) is 1. The fraction of sp³-hybridized carbons (Fsp3) is 0.500. The molecule has 1 aromatic carbocycles. The van der Waals surface area contributed by atoms with E-state index in [0.717, 1.165) is 16.4 Å². The number of aliphatic hydroxyl groups is 2. The standard InChI is InChI=1S/C16H20N6O3S/c1-9(23)19-12-7-22-13(15(25)14(12)24)8-26-16(22)20-11-4-2-10(3-5-11)6-18-21-17/h2-5,12-15,24-25H,6-8H2,1H3,(H,19,23). The van der Waals surface area contributed by atoms with Crippen LogP contribution < -0.4 is 5.32 Å². The number of fused-ring (bicyclic) bond motifs is 1. The van der Waals surface area contributed by atoms with E-state index in [2.05, 4.69) is 20.3 Å². The van der Waals surface area contributed by atoms with Crippen LogP contribution in [0, 0.1) is 0 Å². The minimum absolute atomic E-state index is 0.233. The van der Waals surface area contributed by atoms with Crippen LogP contribution in [-0.4, -0.2) is 62.8 Å². The van der Waals surface area contributed by atoms with Crippen LogP contribution in [0.1, 0.15) is 12.5 Å². The summed E-state index contributed by atoms with van der Waals surface area (Å²) in [5.41, 5.74) is 10.0. The molecule has 0 bridgehead atoms. The van der Waals surface area contributed by atoms with Gasteiger partial charge in [-0.25, -0.2) is 4.99 Å². The molecule has 9 nitrogen and oxygen atoms in total. The third kappa shape index (κ3) is 3.94. The summed E-state index contributed by atoms with van der Waals surface area (Å²) in [6, 6.07) is 6.59. The number of carbonyl (C=O) groups is 1. The highest BCUT2D eigenvalue weighted by Crippen LogP contribution is 2.33. The van der Waals surface area contributed by atoms with E-state index in [1.165, 1.54) is 18.7 Å². The molecule has 26 heavy (non-hydrogen) atoms. The number of hydrogen-bond donors (Lipinski definition) is 3.